The summed E-state index contributed by atoms with van der Waals surface area (Å²) in [6.45, 7) is 1.37. The van der Waals surface area contributed by atoms with Gasteiger partial charge < -0.3 is 36.3 Å². The Bertz CT molecular complexity index is 417. The summed E-state index contributed by atoms with van der Waals surface area (Å²) >= 11 is 0. The van der Waals surface area contributed by atoms with Crippen LogP contribution in [0.3, 0.4) is 0 Å². The van der Waals surface area contributed by atoms with Crippen LogP contribution >= 0.6 is 0 Å². The predicted octanol–water partition coefficient (Wildman–Crippen LogP) is -3.63. The van der Waals surface area contributed by atoms with Gasteiger partial charge >= 0.3 is 0 Å². The van der Waals surface area contributed by atoms with Gasteiger partial charge in [0.1, 0.15) is 12.0 Å². The third-order valence-corrected chi connectivity index (χ3v) is 3.63. The van der Waals surface area contributed by atoms with Gasteiger partial charge in [-0.2, -0.15) is 0 Å². The molecular weight excluding hydrogens is 260 g/mol. The number of rotatable bonds is 4. The molecule has 1 saturated carbocycles. The molecule has 0 spiro atoms. The lowest BCUT2D eigenvalue weighted by Crippen LogP contribution is -2.65. The van der Waals surface area contributed by atoms with Gasteiger partial charge in [-0.3, -0.25) is 9.59 Å². The summed E-state index contributed by atoms with van der Waals surface area (Å²) < 4.78 is 10.1. The predicted molar refractivity (Wildman–Crippen MR) is 57.8 cm³/mol. The maximum atomic E-state index is 11.2. The zero-order valence-corrected chi connectivity index (χ0v) is 10.1. The van der Waals surface area contributed by atoms with Crippen LogP contribution in [0.5, 0.6) is 0 Å². The second-order valence-electron chi connectivity index (χ2n) is 4.81. The van der Waals surface area contributed by atoms with Crippen LogP contribution in [-0.4, -0.2) is 57.5 Å². The molecule has 19 heavy (non-hydrogen) atoms. The molecular formula is C10H16N2O7. The Kier molecular flexibility index (Phi) is 3.27. The van der Waals surface area contributed by atoms with Crippen LogP contribution < -0.4 is 11.5 Å². The first-order valence-corrected chi connectivity index (χ1v) is 5.70. The summed E-state index contributed by atoms with van der Waals surface area (Å²) in [5.41, 5.74) is 10.1. The van der Waals surface area contributed by atoms with E-state index in [4.69, 9.17) is 20.9 Å². The summed E-state index contributed by atoms with van der Waals surface area (Å²) in [6.07, 6.45) is -5.18. The zero-order valence-electron chi connectivity index (χ0n) is 10.1. The van der Waals surface area contributed by atoms with Gasteiger partial charge in [0.15, 0.2) is 12.1 Å². The molecule has 2 amide bonds. The number of aliphatic hydroxyl groups excluding tert-OH is 2. The zero-order chi connectivity index (χ0) is 14.5. The topological polar surface area (TPSA) is 165 Å². The van der Waals surface area contributed by atoms with E-state index < -0.39 is 54.0 Å². The quantitative estimate of drug-likeness (QED) is 0.353. The molecule has 7 atom stereocenters. The highest BCUT2D eigenvalue weighted by Gasteiger charge is 2.73. The fourth-order valence-corrected chi connectivity index (χ4v) is 2.55. The molecule has 2 fully saturated rings. The van der Waals surface area contributed by atoms with Crippen molar-refractivity contribution in [3.63, 3.8) is 0 Å². The molecule has 2 aliphatic rings. The SMILES string of the molecule is CC(O[C@H]1OC2(O)C1C(O)[C@H](O)C2C(N)=O)C(N)=O. The van der Waals surface area contributed by atoms with E-state index in [1.807, 2.05) is 0 Å². The van der Waals surface area contributed by atoms with Crippen molar-refractivity contribution in [3.05, 3.63) is 0 Å². The number of carbonyl (C=O) groups excluding carboxylic acids is 2. The van der Waals surface area contributed by atoms with E-state index in [9.17, 15) is 24.9 Å². The average Bonchev–Trinajstić information content (AvgIpc) is 2.40. The molecule has 1 heterocycles. The maximum absolute atomic E-state index is 11.2. The summed E-state index contributed by atoms with van der Waals surface area (Å²) in [6, 6.07) is 0. The van der Waals surface area contributed by atoms with Crippen LogP contribution in [0.2, 0.25) is 0 Å². The molecule has 108 valence electrons. The highest BCUT2D eigenvalue weighted by Crippen LogP contribution is 2.53. The first-order chi connectivity index (χ1) is 8.70. The molecule has 9 heteroatoms. The second-order valence-corrected chi connectivity index (χ2v) is 4.81. The van der Waals surface area contributed by atoms with Gasteiger partial charge in [0.05, 0.1) is 18.1 Å². The number of hydrogen-bond acceptors (Lipinski definition) is 7. The minimum absolute atomic E-state index is 0.751. The number of ether oxygens (including phenoxy) is 2. The number of carbonyl (C=O) groups is 2. The first-order valence-electron chi connectivity index (χ1n) is 5.70. The number of amides is 2. The van der Waals surface area contributed by atoms with Gasteiger partial charge in [0.2, 0.25) is 11.8 Å². The standard InChI is InChI=1S/C10H16N2O7/c1-2(7(11)15)18-9-4-6(14)5(13)3(8(12)16)10(4,17)19-9/h2-6,9,13-14,17H,1H3,(H2,11,15)(H2,12,16)/t2?,3?,4?,5-,6?,9+,10?/m1/s1. The van der Waals surface area contributed by atoms with Crippen LogP contribution in [-0.2, 0) is 19.1 Å². The van der Waals surface area contributed by atoms with E-state index in [1.165, 1.54) is 6.92 Å². The summed E-state index contributed by atoms with van der Waals surface area (Å²) in [7, 11) is 0. The molecule has 0 aromatic rings. The minimum Gasteiger partial charge on any atom is -0.390 e. The fourth-order valence-electron chi connectivity index (χ4n) is 2.55. The monoisotopic (exact) mass is 276 g/mol. The Morgan fingerprint density at radius 2 is 1.89 bits per heavy atom. The van der Waals surface area contributed by atoms with E-state index in [0.29, 0.717) is 0 Å². The molecule has 9 nitrogen and oxygen atoms in total. The molecule has 1 aliphatic heterocycles. The van der Waals surface area contributed by atoms with Crippen molar-refractivity contribution in [1.29, 1.82) is 0 Å². The maximum Gasteiger partial charge on any atom is 0.246 e. The molecule has 0 aromatic carbocycles. The van der Waals surface area contributed by atoms with Gasteiger partial charge in [-0.25, -0.2) is 0 Å². The second kappa shape index (κ2) is 4.39. The number of aliphatic hydroxyl groups is 3. The van der Waals surface area contributed by atoms with Crippen LogP contribution in [0, 0.1) is 11.8 Å². The molecule has 7 N–H and O–H groups in total. The van der Waals surface area contributed by atoms with E-state index in [2.05, 4.69) is 0 Å². The molecule has 5 unspecified atom stereocenters. The van der Waals surface area contributed by atoms with Gasteiger partial charge in [0.25, 0.3) is 0 Å². The normalized spacial score (nSPS) is 46.2. The first kappa shape index (κ1) is 14.2. The van der Waals surface area contributed by atoms with Crippen molar-refractivity contribution in [1.82, 2.24) is 0 Å². The van der Waals surface area contributed by atoms with E-state index in [1.54, 1.807) is 0 Å². The fraction of sp³-hybridized carbons (Fsp3) is 0.800. The Morgan fingerprint density at radius 3 is 2.37 bits per heavy atom. The smallest absolute Gasteiger partial charge is 0.246 e. The van der Waals surface area contributed by atoms with Crippen molar-refractivity contribution < 1.29 is 34.4 Å². The molecule has 1 saturated heterocycles. The minimum atomic E-state index is -2.09. The van der Waals surface area contributed by atoms with Crippen molar-refractivity contribution >= 4 is 11.8 Å². The van der Waals surface area contributed by atoms with E-state index >= 15 is 0 Å². The third kappa shape index (κ3) is 1.90. The lowest BCUT2D eigenvalue weighted by molar-refractivity contribution is -0.436. The lowest BCUT2D eigenvalue weighted by Gasteiger charge is -2.49. The Labute approximate surface area is 108 Å². The summed E-state index contributed by atoms with van der Waals surface area (Å²) in [5, 5.41) is 29.6. The van der Waals surface area contributed by atoms with Crippen LogP contribution in [0.15, 0.2) is 0 Å². The number of fused-ring (bicyclic) bond motifs is 1. The number of hydrogen-bond donors (Lipinski definition) is 5. The summed E-state index contributed by atoms with van der Waals surface area (Å²) in [5.74, 6) is -6.39. The Balaban J connectivity index is 2.14. The van der Waals surface area contributed by atoms with Crippen LogP contribution in [0.4, 0.5) is 0 Å². The van der Waals surface area contributed by atoms with Crippen LogP contribution in [0.1, 0.15) is 6.92 Å². The van der Waals surface area contributed by atoms with Gasteiger partial charge in [0, 0.05) is 0 Å². The van der Waals surface area contributed by atoms with Gasteiger partial charge in [-0.05, 0) is 6.92 Å². The van der Waals surface area contributed by atoms with Crippen LogP contribution in [0.25, 0.3) is 0 Å². The largest absolute Gasteiger partial charge is 0.390 e. The molecule has 0 bridgehead atoms. The van der Waals surface area contributed by atoms with E-state index in [-0.39, 0.29) is 0 Å². The Morgan fingerprint density at radius 1 is 1.32 bits per heavy atom. The number of nitrogens with two attached hydrogens (primary N) is 2. The van der Waals surface area contributed by atoms with Crippen molar-refractivity contribution in [2.24, 2.45) is 23.3 Å². The lowest BCUT2D eigenvalue weighted by atomic mass is 9.88. The van der Waals surface area contributed by atoms with Crippen molar-refractivity contribution in [2.75, 3.05) is 0 Å². The highest BCUT2D eigenvalue weighted by molar-refractivity contribution is 5.79. The van der Waals surface area contributed by atoms with Gasteiger partial charge in [-0.15, -0.1) is 0 Å². The summed E-state index contributed by atoms with van der Waals surface area (Å²) in [4.78, 5) is 22.0. The number of primary amides is 2. The van der Waals surface area contributed by atoms with Crippen molar-refractivity contribution in [2.45, 2.75) is 37.3 Å². The molecule has 0 aromatic heterocycles. The third-order valence-electron chi connectivity index (χ3n) is 3.63. The molecule has 2 rings (SSSR count). The highest BCUT2D eigenvalue weighted by atomic mass is 16.8. The van der Waals surface area contributed by atoms with E-state index in [0.717, 1.165) is 0 Å². The average molecular weight is 276 g/mol. The Hall–Kier alpha value is -1.26. The molecule has 1 aliphatic carbocycles. The van der Waals surface area contributed by atoms with Crippen molar-refractivity contribution in [3.8, 4) is 0 Å². The molecule has 0 radical (unpaired) electrons. The van der Waals surface area contributed by atoms with Gasteiger partial charge in [-0.1, -0.05) is 0 Å².